The quantitative estimate of drug-likeness (QED) is 0.908. The number of carbonyl (C=O) groups is 1. The lowest BCUT2D eigenvalue weighted by Crippen LogP contribution is -2.36. The summed E-state index contributed by atoms with van der Waals surface area (Å²) in [6, 6.07) is 8.69. The molecule has 1 heterocycles. The van der Waals surface area contributed by atoms with Crippen LogP contribution in [0.3, 0.4) is 0 Å². The third-order valence-electron chi connectivity index (χ3n) is 4.70. The van der Waals surface area contributed by atoms with E-state index in [0.29, 0.717) is 11.2 Å². The Bertz CT molecular complexity index is 524. The Kier molecular flexibility index (Phi) is 4.02. The number of hydrogen-bond acceptors (Lipinski definition) is 3. The summed E-state index contributed by atoms with van der Waals surface area (Å²) in [6.45, 7) is 5.17. The summed E-state index contributed by atoms with van der Waals surface area (Å²) in [5.41, 5.74) is 2.30. The number of carbonyl (C=O) groups excluding carboxylic acids is 1. The van der Waals surface area contributed by atoms with Gasteiger partial charge < -0.3 is 4.90 Å². The van der Waals surface area contributed by atoms with Crippen molar-refractivity contribution in [3.63, 3.8) is 0 Å². The fraction of sp³-hybridized carbons (Fsp3) is 0.588. The Labute approximate surface area is 131 Å². The molecule has 1 saturated carbocycles. The Morgan fingerprint density at radius 2 is 2.05 bits per heavy atom. The maximum atomic E-state index is 12.7. The monoisotopic (exact) mass is 304 g/mol. The van der Waals surface area contributed by atoms with Crippen LogP contribution >= 0.6 is 11.8 Å². The summed E-state index contributed by atoms with van der Waals surface area (Å²) in [6.07, 6.45) is 5.17. The van der Waals surface area contributed by atoms with Crippen molar-refractivity contribution >= 4 is 17.7 Å². The van der Waals surface area contributed by atoms with Crippen LogP contribution in [0.1, 0.15) is 44.0 Å². The number of nitrogens with one attached hydrogen (secondary N) is 1. The van der Waals surface area contributed by atoms with E-state index in [4.69, 9.17) is 0 Å². The van der Waals surface area contributed by atoms with Crippen LogP contribution in [0, 0.1) is 0 Å². The third-order valence-corrected chi connectivity index (χ3v) is 5.66. The molecule has 21 heavy (non-hydrogen) atoms. The highest BCUT2D eigenvalue weighted by Crippen LogP contribution is 2.46. The predicted octanol–water partition coefficient (Wildman–Crippen LogP) is 2.96. The van der Waals surface area contributed by atoms with Gasteiger partial charge in [-0.2, -0.15) is 11.8 Å². The van der Waals surface area contributed by atoms with Gasteiger partial charge in [0.05, 0.1) is 0 Å². The number of benzene rings is 1. The second kappa shape index (κ2) is 5.65. The first-order valence-corrected chi connectivity index (χ1v) is 9.09. The molecule has 1 aromatic rings. The zero-order valence-electron chi connectivity index (χ0n) is 13.1. The summed E-state index contributed by atoms with van der Waals surface area (Å²) in [5, 5.41) is 4.05. The molecule has 1 amide bonds. The van der Waals surface area contributed by atoms with Crippen LogP contribution in [-0.2, 0) is 11.2 Å². The van der Waals surface area contributed by atoms with Crippen molar-refractivity contribution in [1.82, 2.24) is 10.2 Å². The summed E-state index contributed by atoms with van der Waals surface area (Å²) in [4.78, 5) is 14.8. The minimum atomic E-state index is -0.244. The fourth-order valence-electron chi connectivity index (χ4n) is 3.02. The van der Waals surface area contributed by atoms with E-state index < -0.39 is 0 Å². The molecule has 3 rings (SSSR count). The molecule has 1 aromatic carbocycles. The van der Waals surface area contributed by atoms with Crippen molar-refractivity contribution in [2.24, 2.45) is 0 Å². The largest absolute Gasteiger partial charge is 0.320 e. The Morgan fingerprint density at radius 1 is 1.38 bits per heavy atom. The van der Waals surface area contributed by atoms with Crippen LogP contribution in [0.25, 0.3) is 0 Å². The Balaban J connectivity index is 1.85. The van der Waals surface area contributed by atoms with Crippen molar-refractivity contribution in [3.8, 4) is 0 Å². The van der Waals surface area contributed by atoms with Crippen molar-refractivity contribution in [2.45, 2.75) is 50.1 Å². The minimum Gasteiger partial charge on any atom is -0.320 e. The van der Waals surface area contributed by atoms with Gasteiger partial charge in [0.25, 0.3) is 0 Å². The highest BCUT2D eigenvalue weighted by molar-refractivity contribution is 7.99. The molecule has 1 aliphatic heterocycles. The predicted molar refractivity (Wildman–Crippen MR) is 88.4 cm³/mol. The molecule has 1 N–H and O–H groups in total. The molecule has 0 bridgehead atoms. The molecular weight excluding hydrogens is 280 g/mol. The van der Waals surface area contributed by atoms with Crippen molar-refractivity contribution in [2.75, 3.05) is 12.8 Å². The first-order valence-electron chi connectivity index (χ1n) is 7.80. The highest BCUT2D eigenvalue weighted by atomic mass is 32.2. The molecule has 1 spiro atoms. The van der Waals surface area contributed by atoms with Gasteiger partial charge in [0.2, 0.25) is 5.91 Å². The minimum absolute atomic E-state index is 0.0421. The molecule has 114 valence electrons. The van der Waals surface area contributed by atoms with Gasteiger partial charge in [-0.3, -0.25) is 10.1 Å². The Morgan fingerprint density at radius 3 is 2.57 bits per heavy atom. The number of thioether (sulfide) groups is 1. The van der Waals surface area contributed by atoms with E-state index in [2.05, 4.69) is 54.6 Å². The third kappa shape index (κ3) is 2.71. The lowest BCUT2D eigenvalue weighted by Gasteiger charge is -2.27. The van der Waals surface area contributed by atoms with Gasteiger partial charge in [-0.1, -0.05) is 38.1 Å². The van der Waals surface area contributed by atoms with Crippen LogP contribution in [-0.4, -0.2) is 34.4 Å². The number of aryl methyl sites for hydroxylation is 1. The zero-order valence-corrected chi connectivity index (χ0v) is 13.9. The molecular formula is C17H24N2OS. The summed E-state index contributed by atoms with van der Waals surface area (Å²) in [5.74, 6) is 0.299. The second-order valence-corrected chi connectivity index (χ2v) is 7.50. The molecule has 3 nitrogen and oxygen atoms in total. The van der Waals surface area contributed by atoms with Crippen LogP contribution in [0.5, 0.6) is 0 Å². The standard InChI is InChI=1S/C17H24N2OS/c1-4-13-5-7-14(8-6-13)15-18-17(9-10-17)16(20)19(15)11-12(2)21-3/h5-8,12,15,18H,4,9-11H2,1-3H3. The molecule has 4 heteroatoms. The van der Waals surface area contributed by atoms with Crippen molar-refractivity contribution < 1.29 is 4.79 Å². The molecule has 1 saturated heterocycles. The molecule has 1 aliphatic carbocycles. The normalized spacial score (nSPS) is 24.6. The van der Waals surface area contributed by atoms with Crippen LogP contribution in [0.2, 0.25) is 0 Å². The van der Waals surface area contributed by atoms with E-state index in [1.807, 2.05) is 11.8 Å². The van der Waals surface area contributed by atoms with Gasteiger partial charge >= 0.3 is 0 Å². The van der Waals surface area contributed by atoms with Gasteiger partial charge in [-0.05, 0) is 36.6 Å². The maximum Gasteiger partial charge on any atom is 0.244 e. The SMILES string of the molecule is CCc1ccc(C2NC3(CC3)C(=O)N2CC(C)SC)cc1. The van der Waals surface area contributed by atoms with E-state index in [0.717, 1.165) is 25.8 Å². The Hall–Kier alpha value is -1.00. The van der Waals surface area contributed by atoms with Crippen LogP contribution in [0.4, 0.5) is 0 Å². The van der Waals surface area contributed by atoms with Crippen LogP contribution < -0.4 is 5.32 Å². The average Bonchev–Trinajstić information content (AvgIpc) is 3.25. The first-order chi connectivity index (χ1) is 10.1. The van der Waals surface area contributed by atoms with Crippen molar-refractivity contribution in [1.29, 1.82) is 0 Å². The van der Waals surface area contributed by atoms with Gasteiger partial charge in [0.1, 0.15) is 11.7 Å². The molecule has 2 aliphatic rings. The molecule has 2 fully saturated rings. The highest BCUT2D eigenvalue weighted by Gasteiger charge is 2.59. The summed E-state index contributed by atoms with van der Waals surface area (Å²) in [7, 11) is 0. The van der Waals surface area contributed by atoms with Crippen molar-refractivity contribution in [3.05, 3.63) is 35.4 Å². The number of nitrogens with zero attached hydrogens (tertiary/aromatic N) is 1. The first kappa shape index (κ1) is 14.9. The van der Waals surface area contributed by atoms with Gasteiger partial charge in [-0.15, -0.1) is 0 Å². The van der Waals surface area contributed by atoms with Crippen LogP contribution in [0.15, 0.2) is 24.3 Å². The van der Waals surface area contributed by atoms with E-state index in [1.54, 1.807) is 0 Å². The lowest BCUT2D eigenvalue weighted by atomic mass is 10.1. The number of rotatable bonds is 5. The van der Waals surface area contributed by atoms with Gasteiger partial charge in [-0.25, -0.2) is 0 Å². The molecule has 0 aromatic heterocycles. The fourth-order valence-corrected chi connectivity index (χ4v) is 3.33. The second-order valence-electron chi connectivity index (χ2n) is 6.23. The molecule has 0 radical (unpaired) electrons. The zero-order chi connectivity index (χ0) is 15.0. The van der Waals surface area contributed by atoms with E-state index in [9.17, 15) is 4.79 Å². The van der Waals surface area contributed by atoms with Gasteiger partial charge in [0.15, 0.2) is 0 Å². The van der Waals surface area contributed by atoms with E-state index in [-0.39, 0.29) is 11.7 Å². The summed E-state index contributed by atoms with van der Waals surface area (Å²) < 4.78 is 0. The number of hydrogen-bond donors (Lipinski definition) is 1. The van der Waals surface area contributed by atoms with E-state index in [1.165, 1.54) is 11.1 Å². The average molecular weight is 304 g/mol. The van der Waals surface area contributed by atoms with E-state index >= 15 is 0 Å². The molecule has 2 unspecified atom stereocenters. The lowest BCUT2D eigenvalue weighted by molar-refractivity contribution is -0.130. The number of amides is 1. The van der Waals surface area contributed by atoms with Gasteiger partial charge in [0, 0.05) is 11.8 Å². The summed E-state index contributed by atoms with van der Waals surface area (Å²) >= 11 is 1.82. The smallest absolute Gasteiger partial charge is 0.244 e. The topological polar surface area (TPSA) is 32.3 Å². The molecule has 2 atom stereocenters. The maximum absolute atomic E-state index is 12.7.